The molecule has 0 bridgehead atoms. The van der Waals surface area contributed by atoms with Gasteiger partial charge in [-0.15, -0.1) is 11.3 Å². The Kier molecular flexibility index (Phi) is 4.48. The molecule has 0 spiro atoms. The second kappa shape index (κ2) is 6.92. The molecule has 2 unspecified atom stereocenters. The van der Waals surface area contributed by atoms with E-state index in [4.69, 9.17) is 0 Å². The number of carbonyl (C=O) groups is 1. The Morgan fingerprint density at radius 1 is 1.24 bits per heavy atom. The topological polar surface area (TPSA) is 74.2 Å². The number of nitrogens with one attached hydrogen (secondary N) is 2. The minimum Gasteiger partial charge on any atom is -0.392 e. The number of para-hydroxylation sites is 1. The second-order valence-corrected chi connectivity index (χ2v) is 7.40. The number of carbonyl (C=O) groups excluding carboxylic acids is 1. The zero-order valence-corrected chi connectivity index (χ0v) is 14.4. The molecule has 0 saturated carbocycles. The first kappa shape index (κ1) is 16.2. The molecule has 3 aromatic rings. The monoisotopic (exact) mass is 353 g/mol. The van der Waals surface area contributed by atoms with Crippen LogP contribution in [0.15, 0.2) is 48.5 Å². The van der Waals surface area contributed by atoms with Crippen molar-refractivity contribution in [2.75, 3.05) is 11.9 Å². The van der Waals surface area contributed by atoms with Crippen LogP contribution in [0.2, 0.25) is 0 Å². The van der Waals surface area contributed by atoms with Gasteiger partial charge in [-0.1, -0.05) is 24.3 Å². The number of aromatic nitrogens is 1. The van der Waals surface area contributed by atoms with Crippen LogP contribution in [-0.4, -0.2) is 34.7 Å². The highest BCUT2D eigenvalue weighted by Crippen LogP contribution is 2.24. The average molecular weight is 353 g/mol. The minimum atomic E-state index is -0.438. The lowest BCUT2D eigenvalue weighted by molar-refractivity contribution is -0.117. The molecule has 1 aliphatic rings. The van der Waals surface area contributed by atoms with Gasteiger partial charge in [0.15, 0.2) is 0 Å². The van der Waals surface area contributed by atoms with E-state index in [9.17, 15) is 9.90 Å². The summed E-state index contributed by atoms with van der Waals surface area (Å²) in [6.07, 6.45) is 0.804. The number of β-amino-alcohol motifs (C(OH)–C–C–N with tert-alkyl or cyclic N) is 1. The van der Waals surface area contributed by atoms with E-state index >= 15 is 0 Å². The summed E-state index contributed by atoms with van der Waals surface area (Å²) in [5, 5.41) is 16.5. The predicted molar refractivity (Wildman–Crippen MR) is 99.9 cm³/mol. The van der Waals surface area contributed by atoms with Crippen LogP contribution in [0.4, 0.5) is 5.69 Å². The van der Waals surface area contributed by atoms with Crippen LogP contribution in [0.5, 0.6) is 0 Å². The fourth-order valence-electron chi connectivity index (χ4n) is 3.02. The summed E-state index contributed by atoms with van der Waals surface area (Å²) in [4.78, 5) is 16.8. The summed E-state index contributed by atoms with van der Waals surface area (Å²) in [6, 6.07) is 15.7. The molecular weight excluding hydrogens is 334 g/mol. The van der Waals surface area contributed by atoms with Crippen molar-refractivity contribution in [3.05, 3.63) is 59.1 Å². The van der Waals surface area contributed by atoms with Gasteiger partial charge < -0.3 is 15.7 Å². The second-order valence-electron chi connectivity index (χ2n) is 6.29. The molecule has 1 saturated heterocycles. The molecule has 2 aromatic carbocycles. The van der Waals surface area contributed by atoms with Gasteiger partial charge in [0.05, 0.1) is 27.4 Å². The normalized spacial score (nSPS) is 20.0. The van der Waals surface area contributed by atoms with Crippen molar-refractivity contribution in [3.8, 4) is 0 Å². The molecule has 25 heavy (non-hydrogen) atoms. The molecule has 4 rings (SSSR count). The first-order valence-electron chi connectivity index (χ1n) is 8.33. The highest BCUT2D eigenvalue weighted by molar-refractivity contribution is 7.18. The first-order valence-corrected chi connectivity index (χ1v) is 9.15. The molecule has 1 amide bonds. The predicted octanol–water partition coefficient (Wildman–Crippen LogP) is 2.55. The van der Waals surface area contributed by atoms with Crippen LogP contribution in [0.1, 0.15) is 17.0 Å². The Bertz CT molecular complexity index is 858. The fourth-order valence-corrected chi connectivity index (χ4v) is 4.02. The number of aliphatic hydroxyl groups is 1. The van der Waals surface area contributed by atoms with Crippen molar-refractivity contribution < 1.29 is 9.90 Å². The highest BCUT2D eigenvalue weighted by atomic mass is 32.1. The van der Waals surface area contributed by atoms with Crippen molar-refractivity contribution in [2.45, 2.75) is 25.0 Å². The van der Waals surface area contributed by atoms with Gasteiger partial charge in [0, 0.05) is 18.7 Å². The molecule has 0 aliphatic carbocycles. The number of nitrogens with zero attached hydrogens (tertiary/aromatic N) is 1. The summed E-state index contributed by atoms with van der Waals surface area (Å²) in [5.41, 5.74) is 2.96. The van der Waals surface area contributed by atoms with Crippen LogP contribution >= 0.6 is 11.3 Å². The van der Waals surface area contributed by atoms with Crippen molar-refractivity contribution >= 4 is 33.1 Å². The molecule has 128 valence electrons. The van der Waals surface area contributed by atoms with Crippen LogP contribution < -0.4 is 10.6 Å². The van der Waals surface area contributed by atoms with Crippen molar-refractivity contribution in [3.63, 3.8) is 0 Å². The van der Waals surface area contributed by atoms with Gasteiger partial charge in [0.1, 0.15) is 0 Å². The number of anilines is 1. The van der Waals surface area contributed by atoms with Gasteiger partial charge in [-0.25, -0.2) is 4.98 Å². The summed E-state index contributed by atoms with van der Waals surface area (Å²) in [6.45, 7) is 0.471. The van der Waals surface area contributed by atoms with Crippen molar-refractivity contribution in [1.29, 1.82) is 0 Å². The Balaban J connectivity index is 1.40. The maximum absolute atomic E-state index is 12.1. The average Bonchev–Trinajstić information content (AvgIpc) is 3.22. The van der Waals surface area contributed by atoms with Crippen molar-refractivity contribution in [1.82, 2.24) is 10.3 Å². The van der Waals surface area contributed by atoms with E-state index in [1.807, 2.05) is 42.5 Å². The van der Waals surface area contributed by atoms with E-state index in [1.165, 1.54) is 4.70 Å². The SMILES string of the molecule is O=C(Nc1ccc(Cc2nc3ccccc3s2)cc1)C1CC(O)CN1. The van der Waals surface area contributed by atoms with Crippen LogP contribution in [0.3, 0.4) is 0 Å². The number of hydrogen-bond acceptors (Lipinski definition) is 5. The lowest BCUT2D eigenvalue weighted by Crippen LogP contribution is -2.35. The standard InChI is InChI=1S/C19H19N3O2S/c23-14-10-16(20-11-14)19(24)21-13-7-5-12(6-8-13)9-18-22-15-3-1-2-4-17(15)25-18/h1-8,14,16,20,23H,9-11H2,(H,21,24). The number of aliphatic hydroxyl groups excluding tert-OH is 1. The van der Waals surface area contributed by atoms with Crippen LogP contribution in [0.25, 0.3) is 10.2 Å². The molecule has 5 nitrogen and oxygen atoms in total. The summed E-state index contributed by atoms with van der Waals surface area (Å²) < 4.78 is 1.20. The maximum atomic E-state index is 12.1. The lowest BCUT2D eigenvalue weighted by Gasteiger charge is -2.11. The first-order chi connectivity index (χ1) is 12.2. The third-order valence-electron chi connectivity index (χ3n) is 4.34. The van der Waals surface area contributed by atoms with E-state index in [-0.39, 0.29) is 11.9 Å². The molecule has 3 N–H and O–H groups in total. The minimum absolute atomic E-state index is 0.101. The quantitative estimate of drug-likeness (QED) is 0.674. The zero-order chi connectivity index (χ0) is 17.2. The van der Waals surface area contributed by atoms with Gasteiger partial charge in [-0.05, 0) is 36.2 Å². The number of fused-ring (bicyclic) bond motifs is 1. The van der Waals surface area contributed by atoms with E-state index in [2.05, 4.69) is 21.7 Å². The maximum Gasteiger partial charge on any atom is 0.241 e. The van der Waals surface area contributed by atoms with Gasteiger partial charge >= 0.3 is 0 Å². The number of thiazole rings is 1. The van der Waals surface area contributed by atoms with E-state index in [1.54, 1.807) is 11.3 Å². The van der Waals surface area contributed by atoms with Gasteiger partial charge in [-0.3, -0.25) is 4.79 Å². The third kappa shape index (κ3) is 3.71. The Morgan fingerprint density at radius 2 is 2.04 bits per heavy atom. The highest BCUT2D eigenvalue weighted by Gasteiger charge is 2.27. The van der Waals surface area contributed by atoms with E-state index < -0.39 is 6.10 Å². The molecule has 1 aromatic heterocycles. The molecule has 2 atom stereocenters. The van der Waals surface area contributed by atoms with E-state index in [0.717, 1.165) is 28.2 Å². The molecule has 1 fully saturated rings. The van der Waals surface area contributed by atoms with Crippen LogP contribution in [0, 0.1) is 0 Å². The summed E-state index contributed by atoms with van der Waals surface area (Å²) in [5.74, 6) is -0.101. The summed E-state index contributed by atoms with van der Waals surface area (Å²) in [7, 11) is 0. The smallest absolute Gasteiger partial charge is 0.241 e. The zero-order valence-electron chi connectivity index (χ0n) is 13.6. The Labute approximate surface area is 149 Å². The fraction of sp³-hybridized carbons (Fsp3) is 0.263. The number of hydrogen-bond donors (Lipinski definition) is 3. The van der Waals surface area contributed by atoms with E-state index in [0.29, 0.717) is 13.0 Å². The number of rotatable bonds is 4. The summed E-state index contributed by atoms with van der Waals surface area (Å²) >= 11 is 1.71. The largest absolute Gasteiger partial charge is 0.392 e. The Hall–Kier alpha value is -2.28. The molecule has 6 heteroatoms. The lowest BCUT2D eigenvalue weighted by atomic mass is 10.1. The molecule has 2 heterocycles. The van der Waals surface area contributed by atoms with Crippen molar-refractivity contribution in [2.24, 2.45) is 0 Å². The van der Waals surface area contributed by atoms with Gasteiger partial charge in [0.25, 0.3) is 0 Å². The van der Waals surface area contributed by atoms with Gasteiger partial charge in [0.2, 0.25) is 5.91 Å². The molecule has 0 radical (unpaired) electrons. The Morgan fingerprint density at radius 3 is 2.76 bits per heavy atom. The number of amides is 1. The third-order valence-corrected chi connectivity index (χ3v) is 5.38. The number of benzene rings is 2. The molecule has 1 aliphatic heterocycles. The van der Waals surface area contributed by atoms with Crippen LogP contribution in [-0.2, 0) is 11.2 Å². The van der Waals surface area contributed by atoms with Gasteiger partial charge in [-0.2, -0.15) is 0 Å². The molecular formula is C19H19N3O2S.